The highest BCUT2D eigenvalue weighted by Gasteiger charge is 2.12. The van der Waals surface area contributed by atoms with Gasteiger partial charge in [-0.25, -0.2) is 4.99 Å². The lowest BCUT2D eigenvalue weighted by Gasteiger charge is -2.18. The molecule has 0 saturated carbocycles. The summed E-state index contributed by atoms with van der Waals surface area (Å²) in [6.07, 6.45) is 1.84. The smallest absolute Gasteiger partial charge is 0.105 e. The van der Waals surface area contributed by atoms with Crippen molar-refractivity contribution < 1.29 is 0 Å². The molecule has 0 fully saturated rings. The van der Waals surface area contributed by atoms with Crippen LogP contribution in [0, 0.1) is 0 Å². The van der Waals surface area contributed by atoms with Crippen LogP contribution in [0.2, 0.25) is 0 Å². The Morgan fingerprint density at radius 3 is 2.71 bits per heavy atom. The fourth-order valence-electron chi connectivity index (χ4n) is 1.76. The minimum atomic E-state index is 1.06. The molecule has 68 valence electrons. The third-order valence-corrected chi connectivity index (χ3v) is 3.16. The molecule has 3 heteroatoms. The SMILES string of the molecule is IN1C=Nc2cccc3cccc1c23. The number of halogens is 1. The molecule has 0 bridgehead atoms. The molecule has 0 N–H and O–H groups in total. The highest BCUT2D eigenvalue weighted by molar-refractivity contribution is 14.1. The van der Waals surface area contributed by atoms with E-state index in [1.807, 2.05) is 21.6 Å². The van der Waals surface area contributed by atoms with E-state index in [1.165, 1.54) is 16.5 Å². The molecule has 2 nitrogen and oxygen atoms in total. The fraction of sp³-hybridized carbons (Fsp3) is 0. The van der Waals surface area contributed by atoms with Gasteiger partial charge in [-0.3, -0.25) is 3.11 Å². The lowest BCUT2D eigenvalue weighted by atomic mass is 10.1. The Hall–Kier alpha value is -1.10. The standard InChI is InChI=1S/C11H7IN2/c12-14-7-13-9-5-1-3-8-4-2-6-10(14)11(8)9/h1-7H. The lowest BCUT2D eigenvalue weighted by Crippen LogP contribution is -2.08. The normalized spacial score (nSPS) is 13.6. The summed E-state index contributed by atoms with van der Waals surface area (Å²) in [5.74, 6) is 0. The summed E-state index contributed by atoms with van der Waals surface area (Å²) >= 11 is 2.25. The van der Waals surface area contributed by atoms with Crippen molar-refractivity contribution in [3.05, 3.63) is 36.4 Å². The average Bonchev–Trinajstić information content (AvgIpc) is 2.24. The molecule has 0 atom stereocenters. The van der Waals surface area contributed by atoms with E-state index in [-0.39, 0.29) is 0 Å². The molecule has 2 aromatic rings. The van der Waals surface area contributed by atoms with Gasteiger partial charge in [-0.05, 0) is 17.5 Å². The van der Waals surface area contributed by atoms with Crippen LogP contribution in [0.4, 0.5) is 11.4 Å². The van der Waals surface area contributed by atoms with Crippen LogP contribution in [0.15, 0.2) is 41.4 Å². The van der Waals surface area contributed by atoms with Crippen molar-refractivity contribution >= 4 is 51.4 Å². The van der Waals surface area contributed by atoms with E-state index in [1.54, 1.807) is 0 Å². The number of aliphatic imine (C=N–C) groups is 1. The quantitative estimate of drug-likeness (QED) is 0.534. The van der Waals surface area contributed by atoms with Crippen LogP contribution in [-0.2, 0) is 0 Å². The molecule has 0 saturated heterocycles. The van der Waals surface area contributed by atoms with Crippen LogP contribution in [-0.4, -0.2) is 6.34 Å². The third kappa shape index (κ3) is 1.05. The number of benzene rings is 2. The minimum Gasteiger partial charge on any atom is -0.272 e. The lowest BCUT2D eigenvalue weighted by molar-refractivity contribution is 1.49. The van der Waals surface area contributed by atoms with Gasteiger partial charge in [-0.15, -0.1) is 0 Å². The summed E-state index contributed by atoms with van der Waals surface area (Å²) in [5.41, 5.74) is 2.28. The van der Waals surface area contributed by atoms with Gasteiger partial charge in [0, 0.05) is 5.39 Å². The molecule has 1 aliphatic heterocycles. The molecule has 1 heterocycles. The van der Waals surface area contributed by atoms with Crippen molar-refractivity contribution in [3.8, 4) is 0 Å². The zero-order valence-electron chi connectivity index (χ0n) is 7.31. The van der Waals surface area contributed by atoms with Gasteiger partial charge in [0.05, 0.1) is 34.2 Å². The van der Waals surface area contributed by atoms with Crippen molar-refractivity contribution in [1.82, 2.24) is 0 Å². The van der Waals surface area contributed by atoms with Crippen LogP contribution in [0.3, 0.4) is 0 Å². The molecule has 0 radical (unpaired) electrons. The Balaban J connectivity index is 2.52. The summed E-state index contributed by atoms with van der Waals surface area (Å²) in [6, 6.07) is 12.5. The molecule has 0 aliphatic carbocycles. The number of anilines is 1. The van der Waals surface area contributed by atoms with E-state index in [0.717, 1.165) is 5.69 Å². The van der Waals surface area contributed by atoms with Gasteiger partial charge in [-0.1, -0.05) is 24.3 Å². The van der Waals surface area contributed by atoms with Crippen LogP contribution in [0.5, 0.6) is 0 Å². The molecular formula is C11H7IN2. The molecule has 3 rings (SSSR count). The molecular weight excluding hydrogens is 287 g/mol. The largest absolute Gasteiger partial charge is 0.272 e. The van der Waals surface area contributed by atoms with Crippen LogP contribution in [0.25, 0.3) is 10.8 Å². The zero-order valence-corrected chi connectivity index (χ0v) is 9.47. The van der Waals surface area contributed by atoms with E-state index in [2.05, 4.69) is 52.1 Å². The average molecular weight is 294 g/mol. The van der Waals surface area contributed by atoms with Crippen LogP contribution >= 0.6 is 22.9 Å². The predicted octanol–water partition coefficient (Wildman–Crippen LogP) is 3.67. The van der Waals surface area contributed by atoms with Gasteiger partial charge < -0.3 is 0 Å². The molecule has 0 spiro atoms. The number of rotatable bonds is 0. The highest BCUT2D eigenvalue weighted by Crippen LogP contribution is 2.38. The summed E-state index contributed by atoms with van der Waals surface area (Å²) in [5, 5.41) is 2.49. The van der Waals surface area contributed by atoms with E-state index in [0.29, 0.717) is 0 Å². The first-order valence-corrected chi connectivity index (χ1v) is 5.34. The van der Waals surface area contributed by atoms with E-state index >= 15 is 0 Å². The Bertz CT molecular complexity index is 529. The maximum absolute atomic E-state index is 4.39. The number of nitrogens with zero attached hydrogens (tertiary/aromatic N) is 2. The van der Waals surface area contributed by atoms with Gasteiger partial charge >= 0.3 is 0 Å². The Labute approximate surface area is 95.7 Å². The summed E-state index contributed by atoms with van der Waals surface area (Å²) in [6.45, 7) is 0. The molecule has 1 aliphatic rings. The van der Waals surface area contributed by atoms with Gasteiger partial charge in [-0.2, -0.15) is 0 Å². The van der Waals surface area contributed by atoms with Crippen molar-refractivity contribution in [2.24, 2.45) is 4.99 Å². The molecule has 0 aromatic heterocycles. The maximum atomic E-state index is 4.39. The Morgan fingerprint density at radius 2 is 1.86 bits per heavy atom. The highest BCUT2D eigenvalue weighted by atomic mass is 127. The minimum absolute atomic E-state index is 1.06. The van der Waals surface area contributed by atoms with Gasteiger partial charge in [0.1, 0.15) is 6.34 Å². The third-order valence-electron chi connectivity index (χ3n) is 2.39. The molecule has 2 aromatic carbocycles. The summed E-state index contributed by atoms with van der Waals surface area (Å²) in [4.78, 5) is 4.39. The second-order valence-corrected chi connectivity index (χ2v) is 4.25. The maximum Gasteiger partial charge on any atom is 0.105 e. The van der Waals surface area contributed by atoms with Crippen molar-refractivity contribution in [2.45, 2.75) is 0 Å². The van der Waals surface area contributed by atoms with E-state index in [9.17, 15) is 0 Å². The first-order valence-electron chi connectivity index (χ1n) is 4.37. The first-order chi connectivity index (χ1) is 6.86. The molecule has 14 heavy (non-hydrogen) atoms. The number of hydrogen-bond acceptors (Lipinski definition) is 2. The van der Waals surface area contributed by atoms with Gasteiger partial charge in [0.2, 0.25) is 0 Å². The molecule has 0 amide bonds. The fourth-order valence-corrected chi connectivity index (χ4v) is 2.29. The Kier molecular flexibility index (Phi) is 1.73. The molecule has 0 unspecified atom stereocenters. The topological polar surface area (TPSA) is 15.6 Å². The monoisotopic (exact) mass is 294 g/mol. The second-order valence-electron chi connectivity index (χ2n) is 3.21. The summed E-state index contributed by atoms with van der Waals surface area (Å²) in [7, 11) is 0. The zero-order chi connectivity index (χ0) is 9.54. The van der Waals surface area contributed by atoms with Crippen molar-refractivity contribution in [2.75, 3.05) is 3.11 Å². The van der Waals surface area contributed by atoms with Crippen molar-refractivity contribution in [3.63, 3.8) is 0 Å². The van der Waals surface area contributed by atoms with E-state index in [4.69, 9.17) is 0 Å². The van der Waals surface area contributed by atoms with Gasteiger partial charge in [0.25, 0.3) is 0 Å². The second kappa shape index (κ2) is 2.95. The van der Waals surface area contributed by atoms with E-state index < -0.39 is 0 Å². The van der Waals surface area contributed by atoms with Crippen molar-refractivity contribution in [1.29, 1.82) is 0 Å². The Morgan fingerprint density at radius 1 is 1.07 bits per heavy atom. The van der Waals surface area contributed by atoms with Crippen LogP contribution in [0.1, 0.15) is 0 Å². The first kappa shape index (κ1) is 8.23. The predicted molar refractivity (Wildman–Crippen MR) is 68.6 cm³/mol. The number of hydrogen-bond donors (Lipinski definition) is 0. The summed E-state index contributed by atoms with van der Waals surface area (Å²) < 4.78 is 2.02. The van der Waals surface area contributed by atoms with Crippen LogP contribution < -0.4 is 3.11 Å². The van der Waals surface area contributed by atoms with Gasteiger partial charge in [0.15, 0.2) is 0 Å².